The lowest BCUT2D eigenvalue weighted by atomic mass is 9.90. The van der Waals surface area contributed by atoms with Gasteiger partial charge in [-0.3, -0.25) is 9.80 Å². The number of nitrogens with zero attached hydrogens (tertiary/aromatic N) is 2. The summed E-state index contributed by atoms with van der Waals surface area (Å²) in [7, 11) is 0. The first-order valence-electron chi connectivity index (χ1n) is 10.4. The zero-order chi connectivity index (χ0) is 18.8. The number of aromatic nitrogens is 1. The number of benzene rings is 2. The second kappa shape index (κ2) is 6.00. The Bertz CT molecular complexity index is 1060. The Balaban J connectivity index is 1.51. The number of hydrogen-bond donors (Lipinski definition) is 3. The summed E-state index contributed by atoms with van der Waals surface area (Å²) in [4.78, 5) is 8.90. The molecule has 0 radical (unpaired) electrons. The maximum absolute atomic E-state index is 10.6. The Morgan fingerprint density at radius 2 is 1.86 bits per heavy atom. The lowest BCUT2D eigenvalue weighted by Gasteiger charge is -2.35. The van der Waals surface area contributed by atoms with E-state index in [0.717, 1.165) is 25.1 Å². The van der Waals surface area contributed by atoms with E-state index in [1.807, 2.05) is 6.07 Å². The van der Waals surface area contributed by atoms with E-state index in [9.17, 15) is 10.2 Å². The monoisotopic (exact) mass is 375 g/mol. The van der Waals surface area contributed by atoms with Gasteiger partial charge in [-0.05, 0) is 43.0 Å². The van der Waals surface area contributed by atoms with Crippen LogP contribution >= 0.6 is 0 Å². The van der Waals surface area contributed by atoms with Crippen LogP contribution in [0.3, 0.4) is 0 Å². The third kappa shape index (κ3) is 2.20. The quantitative estimate of drug-likeness (QED) is 0.601. The minimum Gasteiger partial charge on any atom is -0.508 e. The number of para-hydroxylation sites is 1. The van der Waals surface area contributed by atoms with Crippen LogP contribution in [0, 0.1) is 0 Å². The molecule has 2 fully saturated rings. The fraction of sp³-hybridized carbons (Fsp3) is 0.391. The molecule has 3 aromatic rings. The fourth-order valence-corrected chi connectivity index (χ4v) is 5.90. The van der Waals surface area contributed by atoms with E-state index in [4.69, 9.17) is 0 Å². The number of hydrogen-bond acceptors (Lipinski definition) is 4. The van der Waals surface area contributed by atoms with Crippen LogP contribution in [-0.2, 0) is 6.42 Å². The fourth-order valence-electron chi connectivity index (χ4n) is 5.90. The second-order valence-corrected chi connectivity index (χ2v) is 8.41. The molecule has 6 rings (SSSR count). The summed E-state index contributed by atoms with van der Waals surface area (Å²) < 4.78 is 0. The van der Waals surface area contributed by atoms with Gasteiger partial charge >= 0.3 is 0 Å². The van der Waals surface area contributed by atoms with Crippen molar-refractivity contribution in [3.63, 3.8) is 0 Å². The third-order valence-corrected chi connectivity index (χ3v) is 7.00. The van der Waals surface area contributed by atoms with E-state index in [1.54, 1.807) is 6.07 Å². The van der Waals surface area contributed by atoms with E-state index < -0.39 is 0 Å². The van der Waals surface area contributed by atoms with Crippen LogP contribution < -0.4 is 0 Å². The first-order chi connectivity index (χ1) is 13.7. The van der Waals surface area contributed by atoms with Gasteiger partial charge in [0.05, 0.1) is 12.2 Å². The number of aromatic hydroxyl groups is 2. The van der Waals surface area contributed by atoms with Crippen molar-refractivity contribution in [1.82, 2.24) is 14.8 Å². The number of phenolic OH excluding ortho intramolecular Hbond substituents is 2. The van der Waals surface area contributed by atoms with Gasteiger partial charge in [0.15, 0.2) is 0 Å². The average Bonchev–Trinajstić information content (AvgIpc) is 3.24. The van der Waals surface area contributed by atoms with Crippen LogP contribution in [0.25, 0.3) is 10.9 Å². The summed E-state index contributed by atoms with van der Waals surface area (Å²) in [5.74, 6) is 0.306. The molecule has 3 unspecified atom stereocenters. The highest BCUT2D eigenvalue weighted by atomic mass is 16.3. The Labute approximate surface area is 164 Å². The van der Waals surface area contributed by atoms with Gasteiger partial charge in [-0.15, -0.1) is 0 Å². The normalized spacial score (nSPS) is 27.5. The van der Waals surface area contributed by atoms with Crippen molar-refractivity contribution in [1.29, 1.82) is 0 Å². The first kappa shape index (κ1) is 16.5. The molecule has 3 aliphatic rings. The summed E-state index contributed by atoms with van der Waals surface area (Å²) in [5.41, 5.74) is 4.97. The van der Waals surface area contributed by atoms with Crippen molar-refractivity contribution in [3.05, 3.63) is 59.3 Å². The van der Waals surface area contributed by atoms with Crippen LogP contribution in [0.5, 0.6) is 11.5 Å². The number of phenols is 2. The predicted molar refractivity (Wildman–Crippen MR) is 108 cm³/mol. The van der Waals surface area contributed by atoms with Crippen molar-refractivity contribution in [3.8, 4) is 11.5 Å². The molecule has 5 nitrogen and oxygen atoms in total. The molecule has 3 atom stereocenters. The van der Waals surface area contributed by atoms with Crippen LogP contribution in [0.4, 0.5) is 0 Å². The molecule has 4 heterocycles. The van der Waals surface area contributed by atoms with Crippen LogP contribution in [-0.4, -0.2) is 44.1 Å². The molecule has 5 heteroatoms. The highest BCUT2D eigenvalue weighted by Gasteiger charge is 2.51. The average molecular weight is 375 g/mol. The molecule has 0 saturated carbocycles. The van der Waals surface area contributed by atoms with Gasteiger partial charge in [-0.1, -0.05) is 24.6 Å². The Morgan fingerprint density at radius 3 is 2.75 bits per heavy atom. The predicted octanol–water partition coefficient (Wildman–Crippen LogP) is 4.05. The third-order valence-electron chi connectivity index (χ3n) is 7.00. The van der Waals surface area contributed by atoms with Gasteiger partial charge in [-0.2, -0.15) is 0 Å². The number of H-pyrrole nitrogens is 1. The second-order valence-electron chi connectivity index (χ2n) is 8.41. The molecule has 0 bridgehead atoms. The molecule has 28 heavy (non-hydrogen) atoms. The Morgan fingerprint density at radius 1 is 0.964 bits per heavy atom. The Hall–Kier alpha value is -2.50. The molecule has 2 aromatic carbocycles. The SMILES string of the molecule is Oc1ccc(C2N3CCCCC3C3c4[nH]c5ccccc5c4CCN32)c(O)c1. The summed E-state index contributed by atoms with van der Waals surface area (Å²) in [6, 6.07) is 14.5. The number of fused-ring (bicyclic) bond motifs is 7. The zero-order valence-corrected chi connectivity index (χ0v) is 15.8. The lowest BCUT2D eigenvalue weighted by Crippen LogP contribution is -2.38. The van der Waals surface area contributed by atoms with E-state index >= 15 is 0 Å². The molecular formula is C23H25N3O2. The maximum atomic E-state index is 10.6. The molecule has 1 aromatic heterocycles. The molecule has 0 spiro atoms. The highest BCUT2D eigenvalue weighted by Crippen LogP contribution is 2.53. The van der Waals surface area contributed by atoms with Gasteiger partial charge in [0, 0.05) is 47.4 Å². The summed E-state index contributed by atoms with van der Waals surface area (Å²) in [5, 5.41) is 21.7. The van der Waals surface area contributed by atoms with Gasteiger partial charge < -0.3 is 15.2 Å². The van der Waals surface area contributed by atoms with Crippen LogP contribution in [0.2, 0.25) is 0 Å². The molecule has 0 amide bonds. The molecule has 144 valence electrons. The number of nitrogens with one attached hydrogen (secondary N) is 1. The smallest absolute Gasteiger partial charge is 0.125 e. The van der Waals surface area contributed by atoms with Crippen LogP contribution in [0.15, 0.2) is 42.5 Å². The van der Waals surface area contributed by atoms with E-state index in [1.165, 1.54) is 47.5 Å². The number of rotatable bonds is 1. The molecule has 3 N–H and O–H groups in total. The van der Waals surface area contributed by atoms with Gasteiger partial charge in [0.25, 0.3) is 0 Å². The van der Waals surface area contributed by atoms with Crippen molar-refractivity contribution in [2.24, 2.45) is 0 Å². The largest absolute Gasteiger partial charge is 0.508 e. The van der Waals surface area contributed by atoms with Crippen molar-refractivity contribution < 1.29 is 10.2 Å². The maximum Gasteiger partial charge on any atom is 0.125 e. The minimum absolute atomic E-state index is 0.0652. The highest BCUT2D eigenvalue weighted by molar-refractivity contribution is 5.85. The Kier molecular flexibility index (Phi) is 3.52. The van der Waals surface area contributed by atoms with Gasteiger partial charge in [0.2, 0.25) is 0 Å². The summed E-state index contributed by atoms with van der Waals surface area (Å²) in [6.45, 7) is 2.04. The number of piperidine rings is 1. The van der Waals surface area contributed by atoms with Gasteiger partial charge in [0.1, 0.15) is 11.5 Å². The van der Waals surface area contributed by atoms with Crippen molar-refractivity contribution in [2.75, 3.05) is 13.1 Å². The molecule has 0 aliphatic carbocycles. The molecular weight excluding hydrogens is 350 g/mol. The van der Waals surface area contributed by atoms with Crippen LogP contribution in [0.1, 0.15) is 48.3 Å². The first-order valence-corrected chi connectivity index (χ1v) is 10.4. The lowest BCUT2D eigenvalue weighted by molar-refractivity contribution is 0.0955. The summed E-state index contributed by atoms with van der Waals surface area (Å²) >= 11 is 0. The number of aromatic amines is 1. The van der Waals surface area contributed by atoms with E-state index in [0.29, 0.717) is 12.1 Å². The summed E-state index contributed by atoms with van der Waals surface area (Å²) in [6.07, 6.45) is 4.73. The molecule has 2 saturated heterocycles. The zero-order valence-electron chi connectivity index (χ0n) is 15.8. The van der Waals surface area contributed by atoms with Crippen molar-refractivity contribution >= 4 is 10.9 Å². The molecule has 3 aliphatic heterocycles. The van der Waals surface area contributed by atoms with Gasteiger partial charge in [-0.25, -0.2) is 0 Å². The standard InChI is InChI=1S/C23H25N3O2/c27-14-8-9-17(20(28)13-14)23-25-11-4-3-7-19(25)22-21-16(10-12-26(22)23)15-5-1-2-6-18(15)24-21/h1-2,5-6,8-9,13,19,22-24,27-28H,3-4,7,10-12H2. The van der Waals surface area contributed by atoms with E-state index in [2.05, 4.69) is 39.0 Å². The van der Waals surface area contributed by atoms with E-state index in [-0.39, 0.29) is 17.7 Å². The van der Waals surface area contributed by atoms with Crippen molar-refractivity contribution in [2.45, 2.75) is 43.9 Å². The topological polar surface area (TPSA) is 62.7 Å². The minimum atomic E-state index is 0.0652.